The molecular formula is C17H36N2. The van der Waals surface area contributed by atoms with Gasteiger partial charge in [0.1, 0.15) is 0 Å². The van der Waals surface area contributed by atoms with Crippen LogP contribution >= 0.6 is 0 Å². The Labute approximate surface area is 121 Å². The quantitative estimate of drug-likeness (QED) is 0.753. The summed E-state index contributed by atoms with van der Waals surface area (Å²) in [4.78, 5) is 2.68. The molecule has 0 aromatic carbocycles. The van der Waals surface area contributed by atoms with Crippen molar-refractivity contribution >= 4 is 0 Å². The molecule has 1 aliphatic rings. The zero-order valence-corrected chi connectivity index (χ0v) is 14.1. The number of rotatable bonds is 7. The van der Waals surface area contributed by atoms with Crippen LogP contribution in [0.2, 0.25) is 0 Å². The second kappa shape index (κ2) is 7.64. The van der Waals surface area contributed by atoms with Crippen molar-refractivity contribution in [2.45, 2.75) is 79.3 Å². The molecule has 2 heteroatoms. The number of hydrogen-bond acceptors (Lipinski definition) is 2. The first kappa shape index (κ1) is 17.0. The molecule has 0 aliphatic heterocycles. The van der Waals surface area contributed by atoms with Crippen LogP contribution < -0.4 is 5.32 Å². The molecule has 1 aliphatic carbocycles. The molecule has 2 nitrogen and oxygen atoms in total. The smallest absolute Gasteiger partial charge is 0.0108 e. The lowest BCUT2D eigenvalue weighted by atomic mass is 9.69. The molecule has 0 bridgehead atoms. The minimum Gasteiger partial charge on any atom is -0.314 e. The maximum atomic E-state index is 3.73. The van der Waals surface area contributed by atoms with Gasteiger partial charge in [0.05, 0.1) is 0 Å². The molecule has 3 unspecified atom stereocenters. The van der Waals surface area contributed by atoms with Crippen LogP contribution in [0.4, 0.5) is 0 Å². The fourth-order valence-corrected chi connectivity index (χ4v) is 3.64. The molecule has 19 heavy (non-hydrogen) atoms. The van der Waals surface area contributed by atoms with Crippen LogP contribution in [-0.4, -0.2) is 36.6 Å². The monoisotopic (exact) mass is 268 g/mol. The van der Waals surface area contributed by atoms with Gasteiger partial charge in [0.15, 0.2) is 0 Å². The fraction of sp³-hybridized carbons (Fsp3) is 1.00. The van der Waals surface area contributed by atoms with E-state index in [0.717, 1.165) is 24.5 Å². The minimum absolute atomic E-state index is 0.533. The van der Waals surface area contributed by atoms with Crippen molar-refractivity contribution in [3.8, 4) is 0 Å². The lowest BCUT2D eigenvalue weighted by Crippen LogP contribution is -2.49. The third-order valence-corrected chi connectivity index (χ3v) is 5.07. The van der Waals surface area contributed by atoms with Gasteiger partial charge in [-0.05, 0) is 57.0 Å². The van der Waals surface area contributed by atoms with E-state index in [-0.39, 0.29) is 0 Å². The van der Waals surface area contributed by atoms with Gasteiger partial charge >= 0.3 is 0 Å². The fourth-order valence-electron chi connectivity index (χ4n) is 3.64. The van der Waals surface area contributed by atoms with Crippen molar-refractivity contribution in [2.24, 2.45) is 11.3 Å². The summed E-state index contributed by atoms with van der Waals surface area (Å²) in [6, 6.07) is 1.45. The predicted octanol–water partition coefficient (Wildman–Crippen LogP) is 3.91. The SMILES string of the molecule is CCNC1CCC(C)(C)CC1CN(CC)C(C)CC. The minimum atomic E-state index is 0.533. The second-order valence-corrected chi connectivity index (χ2v) is 7.18. The Morgan fingerprint density at radius 2 is 1.95 bits per heavy atom. The van der Waals surface area contributed by atoms with Gasteiger partial charge < -0.3 is 10.2 Å². The van der Waals surface area contributed by atoms with Gasteiger partial charge in [0, 0.05) is 18.6 Å². The van der Waals surface area contributed by atoms with Crippen LogP contribution in [0.1, 0.15) is 67.2 Å². The Morgan fingerprint density at radius 1 is 1.26 bits per heavy atom. The van der Waals surface area contributed by atoms with Crippen molar-refractivity contribution in [3.63, 3.8) is 0 Å². The van der Waals surface area contributed by atoms with Gasteiger partial charge in [-0.15, -0.1) is 0 Å². The lowest BCUT2D eigenvalue weighted by molar-refractivity contribution is 0.0866. The molecule has 1 N–H and O–H groups in total. The highest BCUT2D eigenvalue weighted by Gasteiger charge is 2.35. The van der Waals surface area contributed by atoms with E-state index in [0.29, 0.717) is 5.41 Å². The number of hydrogen-bond donors (Lipinski definition) is 1. The van der Waals surface area contributed by atoms with E-state index in [9.17, 15) is 0 Å². The van der Waals surface area contributed by atoms with Crippen LogP contribution in [0.5, 0.6) is 0 Å². The first-order valence-corrected chi connectivity index (χ1v) is 8.40. The summed E-state index contributed by atoms with van der Waals surface area (Å²) >= 11 is 0. The molecule has 114 valence electrons. The van der Waals surface area contributed by atoms with Gasteiger partial charge in [-0.3, -0.25) is 0 Å². The predicted molar refractivity (Wildman–Crippen MR) is 85.6 cm³/mol. The molecule has 3 atom stereocenters. The van der Waals surface area contributed by atoms with Crippen LogP contribution in [0.25, 0.3) is 0 Å². The molecule has 0 saturated heterocycles. The van der Waals surface area contributed by atoms with Crippen LogP contribution in [0.15, 0.2) is 0 Å². The van der Waals surface area contributed by atoms with Gasteiger partial charge in [-0.2, -0.15) is 0 Å². The van der Waals surface area contributed by atoms with Crippen molar-refractivity contribution in [1.29, 1.82) is 0 Å². The molecule has 1 saturated carbocycles. The van der Waals surface area contributed by atoms with E-state index in [4.69, 9.17) is 0 Å². The summed E-state index contributed by atoms with van der Waals surface area (Å²) in [5.74, 6) is 0.817. The molecular weight excluding hydrogens is 232 g/mol. The van der Waals surface area contributed by atoms with Gasteiger partial charge in [0.25, 0.3) is 0 Å². The highest BCUT2D eigenvalue weighted by atomic mass is 15.2. The Morgan fingerprint density at radius 3 is 2.47 bits per heavy atom. The Bertz CT molecular complexity index is 250. The van der Waals surface area contributed by atoms with Crippen LogP contribution in [0, 0.1) is 11.3 Å². The summed E-state index contributed by atoms with van der Waals surface area (Å²) < 4.78 is 0. The largest absolute Gasteiger partial charge is 0.314 e. The van der Waals surface area contributed by atoms with E-state index in [1.54, 1.807) is 0 Å². The highest BCUT2D eigenvalue weighted by molar-refractivity contribution is 4.90. The van der Waals surface area contributed by atoms with Gasteiger partial charge in [0.2, 0.25) is 0 Å². The van der Waals surface area contributed by atoms with E-state index in [1.807, 2.05) is 0 Å². The standard InChI is InChI=1S/C17H36N2/c1-7-14(4)19(9-3)13-15-12-17(5,6)11-10-16(15)18-8-2/h14-16,18H,7-13H2,1-6H3. The van der Waals surface area contributed by atoms with E-state index in [2.05, 4.69) is 51.8 Å². The van der Waals surface area contributed by atoms with Gasteiger partial charge in [-0.25, -0.2) is 0 Å². The highest BCUT2D eigenvalue weighted by Crippen LogP contribution is 2.39. The molecule has 1 fully saturated rings. The van der Waals surface area contributed by atoms with Crippen molar-refractivity contribution in [3.05, 3.63) is 0 Å². The zero-order valence-electron chi connectivity index (χ0n) is 14.1. The molecule has 0 amide bonds. The van der Waals surface area contributed by atoms with Crippen LogP contribution in [-0.2, 0) is 0 Å². The second-order valence-electron chi connectivity index (χ2n) is 7.18. The molecule has 0 radical (unpaired) electrons. The average molecular weight is 268 g/mol. The molecule has 0 aromatic rings. The Balaban J connectivity index is 2.67. The summed E-state index contributed by atoms with van der Waals surface area (Å²) in [5, 5.41) is 3.73. The van der Waals surface area contributed by atoms with Gasteiger partial charge in [-0.1, -0.05) is 34.6 Å². The first-order valence-electron chi connectivity index (χ1n) is 8.40. The molecule has 0 spiro atoms. The summed E-state index contributed by atoms with van der Waals surface area (Å²) in [7, 11) is 0. The lowest BCUT2D eigenvalue weighted by Gasteiger charge is -2.44. The topological polar surface area (TPSA) is 15.3 Å². The third-order valence-electron chi connectivity index (χ3n) is 5.07. The van der Waals surface area contributed by atoms with E-state index < -0.39 is 0 Å². The maximum Gasteiger partial charge on any atom is 0.0108 e. The normalized spacial score (nSPS) is 28.6. The number of nitrogens with zero attached hydrogens (tertiary/aromatic N) is 1. The summed E-state index contributed by atoms with van der Waals surface area (Å²) in [5.41, 5.74) is 0.533. The third kappa shape index (κ3) is 5.07. The van der Waals surface area contributed by atoms with Crippen molar-refractivity contribution in [2.75, 3.05) is 19.6 Å². The van der Waals surface area contributed by atoms with Crippen molar-refractivity contribution < 1.29 is 0 Å². The summed E-state index contributed by atoms with van der Waals surface area (Å²) in [6.07, 6.45) is 5.35. The van der Waals surface area contributed by atoms with Crippen molar-refractivity contribution in [1.82, 2.24) is 10.2 Å². The van der Waals surface area contributed by atoms with Crippen LogP contribution in [0.3, 0.4) is 0 Å². The molecule has 0 aromatic heterocycles. The first-order chi connectivity index (χ1) is 8.93. The molecule has 1 rings (SSSR count). The van der Waals surface area contributed by atoms with E-state index in [1.165, 1.54) is 38.8 Å². The summed E-state index contributed by atoms with van der Waals surface area (Å²) in [6.45, 7) is 17.7. The zero-order chi connectivity index (χ0) is 14.5. The average Bonchev–Trinajstić information content (AvgIpc) is 2.37. The molecule has 0 heterocycles. The maximum absolute atomic E-state index is 3.73. The Hall–Kier alpha value is -0.0800. The Kier molecular flexibility index (Phi) is 6.82. The number of nitrogens with one attached hydrogen (secondary N) is 1. The van der Waals surface area contributed by atoms with E-state index >= 15 is 0 Å².